The lowest BCUT2D eigenvalue weighted by Crippen LogP contribution is -2.39. The lowest BCUT2D eigenvalue weighted by Gasteiger charge is -2.32. The summed E-state index contributed by atoms with van der Waals surface area (Å²) in [6.07, 6.45) is 1.02. The van der Waals surface area contributed by atoms with Crippen molar-refractivity contribution in [1.82, 2.24) is 4.90 Å². The minimum Gasteiger partial charge on any atom is -0.344 e. The van der Waals surface area contributed by atoms with Crippen molar-refractivity contribution in [2.24, 2.45) is 0 Å². The number of para-hydroxylation sites is 1. The molecule has 3 rings (SSSR count). The second kappa shape index (κ2) is 5.41. The topological polar surface area (TPSA) is 15.3 Å². The quantitative estimate of drug-likeness (QED) is 0.858. The molecule has 0 bridgehead atoms. The maximum atomic E-state index is 5.43. The number of rotatable bonds is 3. The highest BCUT2D eigenvalue weighted by atomic mass is 32.1. The Morgan fingerprint density at radius 1 is 1.00 bits per heavy atom. The first-order valence-corrected chi connectivity index (χ1v) is 6.91. The molecule has 2 aromatic rings. The van der Waals surface area contributed by atoms with Crippen LogP contribution in [0.2, 0.25) is 0 Å². The Labute approximate surface area is 119 Å². The number of fused-ring (bicyclic) bond motifs is 1. The molecule has 0 spiro atoms. The third-order valence-corrected chi connectivity index (χ3v) is 3.78. The van der Waals surface area contributed by atoms with Gasteiger partial charge in [-0.25, -0.2) is 0 Å². The number of anilines is 1. The molecular weight excluding hydrogens is 252 g/mol. The first-order chi connectivity index (χ1) is 9.33. The summed E-state index contributed by atoms with van der Waals surface area (Å²) in [5.74, 6) is 0. The fourth-order valence-corrected chi connectivity index (χ4v) is 2.61. The van der Waals surface area contributed by atoms with Gasteiger partial charge in [0.2, 0.25) is 0 Å². The molecule has 1 aliphatic rings. The van der Waals surface area contributed by atoms with Gasteiger partial charge in [-0.1, -0.05) is 48.5 Å². The van der Waals surface area contributed by atoms with Crippen LogP contribution in [0.15, 0.2) is 54.6 Å². The van der Waals surface area contributed by atoms with E-state index in [2.05, 4.69) is 52.7 Å². The molecule has 0 amide bonds. The van der Waals surface area contributed by atoms with E-state index in [1.807, 2.05) is 12.1 Å². The van der Waals surface area contributed by atoms with Crippen molar-refractivity contribution >= 4 is 23.0 Å². The molecule has 3 heteroatoms. The fourth-order valence-electron chi connectivity index (χ4n) is 2.34. The van der Waals surface area contributed by atoms with Crippen molar-refractivity contribution in [3.05, 3.63) is 65.7 Å². The fraction of sp³-hybridized carbons (Fsp3) is 0.188. The average Bonchev–Trinajstić information content (AvgIpc) is 2.46. The van der Waals surface area contributed by atoms with Crippen LogP contribution in [-0.4, -0.2) is 16.6 Å². The zero-order chi connectivity index (χ0) is 13.1. The number of nitrogens with one attached hydrogen (secondary N) is 1. The second-order valence-corrected chi connectivity index (χ2v) is 5.13. The monoisotopic (exact) mass is 268 g/mol. The van der Waals surface area contributed by atoms with Crippen LogP contribution in [0.4, 0.5) is 5.69 Å². The van der Waals surface area contributed by atoms with Gasteiger partial charge in [-0.15, -0.1) is 0 Å². The molecule has 0 atom stereocenters. The molecule has 1 heterocycles. The Morgan fingerprint density at radius 3 is 2.58 bits per heavy atom. The highest BCUT2D eigenvalue weighted by Gasteiger charge is 2.18. The lowest BCUT2D eigenvalue weighted by molar-refractivity contribution is 0.417. The summed E-state index contributed by atoms with van der Waals surface area (Å²) in [6, 6.07) is 18.9. The Balaban J connectivity index is 1.68. The van der Waals surface area contributed by atoms with Crippen molar-refractivity contribution in [3.63, 3.8) is 0 Å². The number of thiocarbonyl (C=S) groups is 1. The van der Waals surface area contributed by atoms with Crippen LogP contribution in [0.5, 0.6) is 0 Å². The van der Waals surface area contributed by atoms with Crippen molar-refractivity contribution < 1.29 is 0 Å². The van der Waals surface area contributed by atoms with E-state index in [0.717, 1.165) is 30.3 Å². The van der Waals surface area contributed by atoms with Gasteiger partial charge in [0.15, 0.2) is 5.11 Å². The summed E-state index contributed by atoms with van der Waals surface area (Å²) in [5, 5.41) is 4.13. The third kappa shape index (κ3) is 2.76. The zero-order valence-electron chi connectivity index (χ0n) is 10.7. The molecule has 1 aliphatic heterocycles. The summed E-state index contributed by atoms with van der Waals surface area (Å²) in [6.45, 7) is 1.85. The molecule has 2 nitrogen and oxygen atoms in total. The smallest absolute Gasteiger partial charge is 0.173 e. The second-order valence-electron chi connectivity index (χ2n) is 4.74. The normalized spacial score (nSPS) is 13.9. The molecule has 0 aliphatic carbocycles. The SMILES string of the molecule is S=C1Nc2ccccc2CN1CCc1ccccc1. The number of nitrogens with zero attached hydrogens (tertiary/aromatic N) is 1. The van der Waals surface area contributed by atoms with E-state index in [-0.39, 0.29) is 0 Å². The summed E-state index contributed by atoms with van der Waals surface area (Å²) >= 11 is 5.43. The van der Waals surface area contributed by atoms with E-state index in [1.165, 1.54) is 11.1 Å². The minimum absolute atomic E-state index is 0.828. The van der Waals surface area contributed by atoms with Gasteiger partial charge in [0.25, 0.3) is 0 Å². The maximum Gasteiger partial charge on any atom is 0.173 e. The van der Waals surface area contributed by atoms with Gasteiger partial charge >= 0.3 is 0 Å². The largest absolute Gasteiger partial charge is 0.344 e. The van der Waals surface area contributed by atoms with Gasteiger partial charge in [0.05, 0.1) is 0 Å². The van der Waals surface area contributed by atoms with E-state index >= 15 is 0 Å². The van der Waals surface area contributed by atoms with Crippen LogP contribution in [0, 0.1) is 0 Å². The average molecular weight is 268 g/mol. The van der Waals surface area contributed by atoms with Gasteiger partial charge in [0.1, 0.15) is 0 Å². The van der Waals surface area contributed by atoms with Crippen LogP contribution < -0.4 is 5.32 Å². The Hall–Kier alpha value is -1.87. The van der Waals surface area contributed by atoms with Gasteiger partial charge in [-0.05, 0) is 35.8 Å². The molecule has 0 aromatic heterocycles. The van der Waals surface area contributed by atoms with E-state index in [0.29, 0.717) is 0 Å². The molecule has 2 aromatic carbocycles. The van der Waals surface area contributed by atoms with Crippen LogP contribution in [0.3, 0.4) is 0 Å². The highest BCUT2D eigenvalue weighted by Crippen LogP contribution is 2.22. The van der Waals surface area contributed by atoms with Crippen LogP contribution in [0.25, 0.3) is 0 Å². The summed E-state index contributed by atoms with van der Waals surface area (Å²) in [7, 11) is 0. The Bertz CT molecular complexity index is 580. The Kier molecular flexibility index (Phi) is 3.47. The van der Waals surface area contributed by atoms with Crippen molar-refractivity contribution in [2.75, 3.05) is 11.9 Å². The molecule has 0 radical (unpaired) electrons. The molecule has 0 fully saturated rings. The minimum atomic E-state index is 0.828. The highest BCUT2D eigenvalue weighted by molar-refractivity contribution is 7.80. The van der Waals surface area contributed by atoms with Gasteiger partial charge in [-0.2, -0.15) is 0 Å². The van der Waals surface area contributed by atoms with E-state index < -0.39 is 0 Å². The van der Waals surface area contributed by atoms with E-state index in [9.17, 15) is 0 Å². The van der Waals surface area contributed by atoms with Gasteiger partial charge in [-0.3, -0.25) is 0 Å². The molecule has 0 saturated heterocycles. The first-order valence-electron chi connectivity index (χ1n) is 6.51. The summed E-state index contributed by atoms with van der Waals surface area (Å²) < 4.78 is 0. The van der Waals surface area contributed by atoms with Gasteiger partial charge < -0.3 is 10.2 Å². The molecule has 19 heavy (non-hydrogen) atoms. The standard InChI is InChI=1S/C16H16N2S/c19-16-17-15-9-5-4-8-14(15)12-18(16)11-10-13-6-2-1-3-7-13/h1-9H,10-12H2,(H,17,19). The van der Waals surface area contributed by atoms with Crippen LogP contribution >= 0.6 is 12.2 Å². The van der Waals surface area contributed by atoms with E-state index in [1.54, 1.807) is 0 Å². The molecular formula is C16H16N2S. The first kappa shape index (κ1) is 12.2. The van der Waals surface area contributed by atoms with Crippen LogP contribution in [0.1, 0.15) is 11.1 Å². The predicted molar refractivity (Wildman–Crippen MR) is 83.2 cm³/mol. The molecule has 0 unspecified atom stereocenters. The molecule has 1 N–H and O–H groups in total. The summed E-state index contributed by atoms with van der Waals surface area (Å²) in [4.78, 5) is 2.23. The third-order valence-electron chi connectivity index (χ3n) is 3.42. The van der Waals surface area contributed by atoms with E-state index in [4.69, 9.17) is 12.2 Å². The maximum absolute atomic E-state index is 5.43. The number of benzene rings is 2. The zero-order valence-corrected chi connectivity index (χ0v) is 11.5. The molecule has 0 saturated carbocycles. The predicted octanol–water partition coefficient (Wildman–Crippen LogP) is 3.44. The van der Waals surface area contributed by atoms with Gasteiger partial charge in [0, 0.05) is 18.8 Å². The van der Waals surface area contributed by atoms with Crippen LogP contribution in [-0.2, 0) is 13.0 Å². The Morgan fingerprint density at radius 2 is 1.74 bits per heavy atom. The van der Waals surface area contributed by atoms with Crippen molar-refractivity contribution in [1.29, 1.82) is 0 Å². The van der Waals surface area contributed by atoms with Crippen molar-refractivity contribution in [3.8, 4) is 0 Å². The summed E-state index contributed by atoms with van der Waals surface area (Å²) in [5.41, 5.74) is 3.80. The number of hydrogen-bond donors (Lipinski definition) is 1. The lowest BCUT2D eigenvalue weighted by atomic mass is 10.1. The van der Waals surface area contributed by atoms with Crippen molar-refractivity contribution in [2.45, 2.75) is 13.0 Å². The molecule has 96 valence electrons. The number of hydrogen-bond acceptors (Lipinski definition) is 1.